The molecule has 0 bridgehead atoms. The summed E-state index contributed by atoms with van der Waals surface area (Å²) >= 11 is 0. The van der Waals surface area contributed by atoms with E-state index in [2.05, 4.69) is 0 Å². The molecule has 0 amide bonds. The fourth-order valence-electron chi connectivity index (χ4n) is 0.974. The molecule has 1 aromatic rings. The molecule has 0 aromatic heterocycles. The topological polar surface area (TPSA) is 0 Å². The van der Waals surface area contributed by atoms with Crippen LogP contribution in [0.2, 0.25) is 0 Å². The summed E-state index contributed by atoms with van der Waals surface area (Å²) in [5.41, 5.74) is 1.93. The van der Waals surface area contributed by atoms with Crippen molar-refractivity contribution < 1.29 is 4.39 Å². The summed E-state index contributed by atoms with van der Waals surface area (Å²) in [5, 5.41) is 0. The maximum atomic E-state index is 12.8. The fraction of sp³-hybridized carbons (Fsp3) is 0.333. The van der Waals surface area contributed by atoms with Gasteiger partial charge in [-0.25, -0.2) is 4.39 Å². The minimum absolute atomic E-state index is 0.0897. The van der Waals surface area contributed by atoms with Gasteiger partial charge in [-0.1, -0.05) is 24.6 Å². The Bertz CT molecular complexity index is 228. The van der Waals surface area contributed by atoms with Crippen LogP contribution >= 0.6 is 0 Å². The Morgan fingerprint density at radius 2 is 2.10 bits per heavy atom. The van der Waals surface area contributed by atoms with Crippen LogP contribution in [0.1, 0.15) is 18.1 Å². The van der Waals surface area contributed by atoms with E-state index in [0.29, 0.717) is 0 Å². The highest BCUT2D eigenvalue weighted by Gasteiger charge is 1.97. The summed E-state index contributed by atoms with van der Waals surface area (Å²) in [4.78, 5) is 0. The van der Waals surface area contributed by atoms with Crippen molar-refractivity contribution in [1.29, 1.82) is 0 Å². The first kappa shape index (κ1) is 7.26. The molecule has 0 nitrogen and oxygen atoms in total. The number of aryl methyl sites for hydroxylation is 2. The van der Waals surface area contributed by atoms with E-state index < -0.39 is 0 Å². The van der Waals surface area contributed by atoms with Crippen molar-refractivity contribution in [2.24, 2.45) is 0 Å². The van der Waals surface area contributed by atoms with Crippen LogP contribution < -0.4 is 0 Å². The maximum absolute atomic E-state index is 12.8. The average Bonchev–Trinajstić information content (AvgIpc) is 1.94. The molecule has 54 valence electrons. The van der Waals surface area contributed by atoms with Crippen molar-refractivity contribution >= 4 is 0 Å². The summed E-state index contributed by atoms with van der Waals surface area (Å²) in [6.07, 6.45) is 0.771. The number of benzene rings is 1. The Hall–Kier alpha value is -0.850. The summed E-state index contributed by atoms with van der Waals surface area (Å²) in [5.74, 6) is -0.0897. The Kier molecular flexibility index (Phi) is 2.05. The van der Waals surface area contributed by atoms with Gasteiger partial charge in [0, 0.05) is 0 Å². The highest BCUT2D eigenvalue weighted by atomic mass is 19.1. The van der Waals surface area contributed by atoms with Gasteiger partial charge in [0.25, 0.3) is 0 Å². The van der Waals surface area contributed by atoms with Gasteiger partial charge in [0.2, 0.25) is 0 Å². The number of halogens is 1. The van der Waals surface area contributed by atoms with Crippen LogP contribution in [0, 0.1) is 12.7 Å². The lowest BCUT2D eigenvalue weighted by Crippen LogP contribution is -1.87. The van der Waals surface area contributed by atoms with Crippen molar-refractivity contribution in [1.82, 2.24) is 0 Å². The van der Waals surface area contributed by atoms with Gasteiger partial charge in [0.05, 0.1) is 0 Å². The summed E-state index contributed by atoms with van der Waals surface area (Å²) in [6, 6.07) is 5.19. The van der Waals surface area contributed by atoms with Crippen LogP contribution in [0.5, 0.6) is 0 Å². The third kappa shape index (κ3) is 1.35. The van der Waals surface area contributed by atoms with E-state index in [4.69, 9.17) is 0 Å². The lowest BCUT2D eigenvalue weighted by molar-refractivity contribution is 0.611. The van der Waals surface area contributed by atoms with Gasteiger partial charge >= 0.3 is 0 Å². The van der Waals surface area contributed by atoms with E-state index >= 15 is 0 Å². The van der Waals surface area contributed by atoms with E-state index in [1.165, 1.54) is 6.07 Å². The predicted octanol–water partition coefficient (Wildman–Crippen LogP) is 2.70. The SMILES string of the molecule is CCc1cc(C)ccc1F. The molecule has 0 radical (unpaired) electrons. The molecule has 0 saturated carbocycles. The molecule has 1 rings (SSSR count). The Morgan fingerprint density at radius 3 is 2.60 bits per heavy atom. The first-order chi connectivity index (χ1) is 4.74. The van der Waals surface area contributed by atoms with Crippen LogP contribution in [0.15, 0.2) is 18.2 Å². The molecule has 0 aliphatic heterocycles. The highest BCUT2D eigenvalue weighted by Crippen LogP contribution is 2.09. The van der Waals surface area contributed by atoms with Gasteiger partial charge in [0.15, 0.2) is 0 Å². The third-order valence-electron chi connectivity index (χ3n) is 1.58. The second kappa shape index (κ2) is 2.82. The van der Waals surface area contributed by atoms with E-state index in [1.54, 1.807) is 6.07 Å². The smallest absolute Gasteiger partial charge is 0.126 e. The molecule has 0 heterocycles. The molecule has 1 aromatic carbocycles. The molecule has 1 heteroatoms. The van der Waals surface area contributed by atoms with Crippen molar-refractivity contribution in [3.05, 3.63) is 35.1 Å². The molecule has 0 aliphatic rings. The van der Waals surface area contributed by atoms with Gasteiger partial charge in [-0.15, -0.1) is 0 Å². The zero-order valence-corrected chi connectivity index (χ0v) is 6.32. The van der Waals surface area contributed by atoms with Crippen LogP contribution in [0.3, 0.4) is 0 Å². The molecule has 0 fully saturated rings. The lowest BCUT2D eigenvalue weighted by Gasteiger charge is -1.99. The largest absolute Gasteiger partial charge is 0.207 e. The van der Waals surface area contributed by atoms with Crippen molar-refractivity contribution in [2.45, 2.75) is 20.3 Å². The van der Waals surface area contributed by atoms with Gasteiger partial charge < -0.3 is 0 Å². The van der Waals surface area contributed by atoms with Crippen molar-refractivity contribution in [3.8, 4) is 0 Å². The molecule has 0 atom stereocenters. The van der Waals surface area contributed by atoms with Crippen molar-refractivity contribution in [3.63, 3.8) is 0 Å². The highest BCUT2D eigenvalue weighted by molar-refractivity contribution is 5.23. The summed E-state index contributed by atoms with van der Waals surface area (Å²) in [7, 11) is 0. The minimum atomic E-state index is -0.0897. The van der Waals surface area contributed by atoms with Crippen molar-refractivity contribution in [2.75, 3.05) is 0 Å². The fourth-order valence-corrected chi connectivity index (χ4v) is 0.974. The molecule has 0 spiro atoms. The van der Waals surface area contributed by atoms with E-state index in [9.17, 15) is 4.39 Å². The summed E-state index contributed by atoms with van der Waals surface area (Å²) in [6.45, 7) is 3.93. The Morgan fingerprint density at radius 1 is 1.40 bits per heavy atom. The molecule has 0 aliphatic carbocycles. The van der Waals surface area contributed by atoms with Gasteiger partial charge in [0.1, 0.15) is 5.82 Å². The van der Waals surface area contributed by atoms with E-state index in [1.807, 2.05) is 19.9 Å². The second-order valence-electron chi connectivity index (χ2n) is 2.45. The first-order valence-corrected chi connectivity index (χ1v) is 3.49. The molecular formula is C9H11F. The monoisotopic (exact) mass is 138 g/mol. The van der Waals surface area contributed by atoms with Gasteiger partial charge in [-0.3, -0.25) is 0 Å². The maximum Gasteiger partial charge on any atom is 0.126 e. The minimum Gasteiger partial charge on any atom is -0.207 e. The van der Waals surface area contributed by atoms with Gasteiger partial charge in [-0.2, -0.15) is 0 Å². The Labute approximate surface area is 60.7 Å². The molecular weight excluding hydrogens is 127 g/mol. The van der Waals surface area contributed by atoms with Gasteiger partial charge in [-0.05, 0) is 25.0 Å². The molecule has 0 N–H and O–H groups in total. The number of hydrogen-bond acceptors (Lipinski definition) is 0. The number of hydrogen-bond donors (Lipinski definition) is 0. The third-order valence-corrected chi connectivity index (χ3v) is 1.58. The number of rotatable bonds is 1. The molecule has 0 saturated heterocycles. The standard InChI is InChI=1S/C9H11F/c1-3-8-6-7(2)4-5-9(8)10/h4-6H,3H2,1-2H3. The quantitative estimate of drug-likeness (QED) is 0.559. The first-order valence-electron chi connectivity index (χ1n) is 3.49. The van der Waals surface area contributed by atoms with Crippen LogP contribution in [-0.4, -0.2) is 0 Å². The van der Waals surface area contributed by atoms with Crippen LogP contribution in [-0.2, 0) is 6.42 Å². The van der Waals surface area contributed by atoms with E-state index in [0.717, 1.165) is 17.5 Å². The zero-order chi connectivity index (χ0) is 7.56. The normalized spacial score (nSPS) is 9.90. The van der Waals surface area contributed by atoms with Crippen LogP contribution in [0.4, 0.5) is 4.39 Å². The molecule has 0 unspecified atom stereocenters. The average molecular weight is 138 g/mol. The van der Waals surface area contributed by atoms with Crippen LogP contribution in [0.25, 0.3) is 0 Å². The zero-order valence-electron chi connectivity index (χ0n) is 6.32. The van der Waals surface area contributed by atoms with E-state index in [-0.39, 0.29) is 5.82 Å². The molecule has 10 heavy (non-hydrogen) atoms. The second-order valence-corrected chi connectivity index (χ2v) is 2.45. The Balaban J connectivity index is 3.09. The predicted molar refractivity (Wildman–Crippen MR) is 40.5 cm³/mol. The lowest BCUT2D eigenvalue weighted by atomic mass is 10.1. The summed E-state index contributed by atoms with van der Waals surface area (Å²) < 4.78 is 12.8.